The van der Waals surface area contributed by atoms with E-state index in [2.05, 4.69) is 5.32 Å². The average molecular weight is 447 g/mol. The third-order valence-electron chi connectivity index (χ3n) is 5.25. The summed E-state index contributed by atoms with van der Waals surface area (Å²) in [6.07, 6.45) is 0. The van der Waals surface area contributed by atoms with E-state index in [0.717, 1.165) is 21.7 Å². The van der Waals surface area contributed by atoms with Crippen molar-refractivity contribution in [3.05, 3.63) is 94.1 Å². The highest BCUT2D eigenvalue weighted by Crippen LogP contribution is 2.35. The molecule has 0 saturated heterocycles. The molecule has 1 aliphatic rings. The molecule has 162 valence electrons. The summed E-state index contributed by atoms with van der Waals surface area (Å²) in [6.45, 7) is 6.42. The lowest BCUT2D eigenvalue weighted by molar-refractivity contribution is -0.120. The normalized spacial score (nSPS) is 13.7. The first-order chi connectivity index (χ1) is 15.4. The molecule has 0 bridgehead atoms. The van der Waals surface area contributed by atoms with Gasteiger partial charge in [-0.2, -0.15) is 0 Å². The lowest BCUT2D eigenvalue weighted by atomic mass is 10.0. The maximum atomic E-state index is 13.5. The fraction of sp³-hybridized carbons (Fsp3) is 0.154. The Bertz CT molecular complexity index is 1230. The molecular weight excluding hydrogens is 424 g/mol. The fourth-order valence-electron chi connectivity index (χ4n) is 3.74. The molecular formula is C26H23ClN2O3. The summed E-state index contributed by atoms with van der Waals surface area (Å²) >= 11 is 6.13. The van der Waals surface area contributed by atoms with Crippen LogP contribution in [-0.2, 0) is 9.59 Å². The molecule has 0 aromatic heterocycles. The number of hydrogen-bond acceptors (Lipinski definition) is 4. The van der Waals surface area contributed by atoms with Gasteiger partial charge in [0.25, 0.3) is 11.8 Å². The summed E-state index contributed by atoms with van der Waals surface area (Å²) in [5.74, 6) is -0.140. The van der Waals surface area contributed by atoms with E-state index in [1.165, 1.54) is 0 Å². The molecule has 2 amide bonds. The van der Waals surface area contributed by atoms with Crippen LogP contribution in [0.4, 0.5) is 11.4 Å². The zero-order valence-electron chi connectivity index (χ0n) is 18.1. The van der Waals surface area contributed by atoms with Crippen molar-refractivity contribution in [3.63, 3.8) is 0 Å². The number of aryl methyl sites for hydroxylation is 2. The van der Waals surface area contributed by atoms with Crippen molar-refractivity contribution in [1.82, 2.24) is 0 Å². The number of nitrogens with zero attached hydrogens (tertiary/aromatic N) is 1. The summed E-state index contributed by atoms with van der Waals surface area (Å²) in [7, 11) is 0. The number of anilines is 2. The fourth-order valence-corrected chi connectivity index (χ4v) is 3.92. The smallest absolute Gasteiger partial charge is 0.282 e. The van der Waals surface area contributed by atoms with E-state index in [0.29, 0.717) is 34.2 Å². The van der Waals surface area contributed by atoms with Crippen molar-refractivity contribution in [3.8, 4) is 5.75 Å². The van der Waals surface area contributed by atoms with Gasteiger partial charge in [0.1, 0.15) is 11.4 Å². The van der Waals surface area contributed by atoms with E-state index in [9.17, 15) is 9.59 Å². The third kappa shape index (κ3) is 4.12. The van der Waals surface area contributed by atoms with Gasteiger partial charge in [-0.05, 0) is 68.3 Å². The van der Waals surface area contributed by atoms with Crippen LogP contribution < -0.4 is 15.0 Å². The summed E-state index contributed by atoms with van der Waals surface area (Å²) in [6, 6.07) is 19.8. The Morgan fingerprint density at radius 3 is 2.34 bits per heavy atom. The summed E-state index contributed by atoms with van der Waals surface area (Å²) in [5.41, 5.74) is 4.44. The zero-order chi connectivity index (χ0) is 22.8. The Labute approximate surface area is 192 Å². The number of hydrogen-bond donors (Lipinski definition) is 1. The summed E-state index contributed by atoms with van der Waals surface area (Å²) in [4.78, 5) is 28.1. The van der Waals surface area contributed by atoms with Gasteiger partial charge in [-0.3, -0.25) is 9.59 Å². The van der Waals surface area contributed by atoms with E-state index in [1.807, 2.05) is 39.0 Å². The highest BCUT2D eigenvalue weighted by atomic mass is 35.5. The second kappa shape index (κ2) is 8.89. The summed E-state index contributed by atoms with van der Waals surface area (Å²) in [5, 5.41) is 3.67. The molecule has 0 aliphatic carbocycles. The first-order valence-electron chi connectivity index (χ1n) is 10.3. The molecule has 0 fully saturated rings. The second-order valence-corrected chi connectivity index (χ2v) is 8.01. The first kappa shape index (κ1) is 21.7. The lowest BCUT2D eigenvalue weighted by Crippen LogP contribution is -2.32. The minimum absolute atomic E-state index is 0.228. The quantitative estimate of drug-likeness (QED) is 0.489. The molecule has 6 heteroatoms. The Morgan fingerprint density at radius 2 is 1.69 bits per heavy atom. The summed E-state index contributed by atoms with van der Waals surface area (Å²) < 4.78 is 5.52. The van der Waals surface area contributed by atoms with Crippen LogP contribution in [0.1, 0.15) is 23.6 Å². The number of nitrogens with one attached hydrogen (secondary N) is 1. The lowest BCUT2D eigenvalue weighted by Gasteiger charge is -2.16. The van der Waals surface area contributed by atoms with Crippen molar-refractivity contribution < 1.29 is 14.3 Å². The molecule has 3 aromatic carbocycles. The molecule has 3 aromatic rings. The minimum atomic E-state index is -0.430. The predicted molar refractivity (Wildman–Crippen MR) is 128 cm³/mol. The topological polar surface area (TPSA) is 58.6 Å². The van der Waals surface area contributed by atoms with Gasteiger partial charge >= 0.3 is 0 Å². The van der Waals surface area contributed by atoms with E-state index in [-0.39, 0.29) is 5.70 Å². The molecule has 0 spiro atoms. The van der Waals surface area contributed by atoms with E-state index in [4.69, 9.17) is 16.3 Å². The Morgan fingerprint density at radius 1 is 0.938 bits per heavy atom. The number of halogens is 1. The van der Waals surface area contributed by atoms with Crippen molar-refractivity contribution in [2.24, 2.45) is 0 Å². The van der Waals surface area contributed by atoms with Crippen molar-refractivity contribution in [1.29, 1.82) is 0 Å². The first-order valence-corrected chi connectivity index (χ1v) is 10.7. The monoisotopic (exact) mass is 446 g/mol. The molecule has 0 unspecified atom stereocenters. The average Bonchev–Trinajstić information content (AvgIpc) is 3.00. The Hall–Kier alpha value is -3.57. The molecule has 1 N–H and O–H groups in total. The number of rotatable bonds is 6. The van der Waals surface area contributed by atoms with Crippen LogP contribution in [0.5, 0.6) is 5.75 Å². The van der Waals surface area contributed by atoms with Crippen LogP contribution in [0.25, 0.3) is 5.57 Å². The van der Waals surface area contributed by atoms with Crippen LogP contribution in [0.15, 0.2) is 72.4 Å². The third-order valence-corrected chi connectivity index (χ3v) is 5.48. The standard InChI is InChI=1S/C26H23ClN2O3/c1-4-32-21-11-9-18(10-12-21)23-24(28-22-13-8-16(2)14-17(22)3)26(31)29(25(23)30)20-7-5-6-19(27)15-20/h5-15,28H,4H2,1-3H3. The van der Waals surface area contributed by atoms with Gasteiger partial charge in [0.2, 0.25) is 0 Å². The van der Waals surface area contributed by atoms with Gasteiger partial charge in [-0.1, -0.05) is 47.5 Å². The Balaban J connectivity index is 1.81. The molecule has 1 aliphatic heterocycles. The minimum Gasteiger partial charge on any atom is -0.494 e. The van der Waals surface area contributed by atoms with E-state index < -0.39 is 11.8 Å². The molecule has 0 radical (unpaired) electrons. The molecule has 1 heterocycles. The van der Waals surface area contributed by atoms with Crippen molar-refractivity contribution in [2.75, 3.05) is 16.8 Å². The number of ether oxygens (including phenoxy) is 1. The Kier molecular flexibility index (Phi) is 6.01. The van der Waals surface area contributed by atoms with Crippen LogP contribution in [0.3, 0.4) is 0 Å². The molecule has 0 atom stereocenters. The van der Waals surface area contributed by atoms with Crippen LogP contribution >= 0.6 is 11.6 Å². The van der Waals surface area contributed by atoms with Crippen molar-refractivity contribution >= 4 is 40.4 Å². The van der Waals surface area contributed by atoms with Gasteiger partial charge in [0, 0.05) is 10.7 Å². The van der Waals surface area contributed by atoms with Gasteiger partial charge < -0.3 is 10.1 Å². The largest absolute Gasteiger partial charge is 0.494 e. The molecule has 32 heavy (non-hydrogen) atoms. The molecule has 0 saturated carbocycles. The highest BCUT2D eigenvalue weighted by Gasteiger charge is 2.40. The van der Waals surface area contributed by atoms with Crippen LogP contribution in [0.2, 0.25) is 5.02 Å². The number of benzene rings is 3. The second-order valence-electron chi connectivity index (χ2n) is 7.58. The van der Waals surface area contributed by atoms with Crippen LogP contribution in [-0.4, -0.2) is 18.4 Å². The molecule has 4 rings (SSSR count). The maximum Gasteiger partial charge on any atom is 0.282 e. The van der Waals surface area contributed by atoms with Gasteiger partial charge in [0.05, 0.1) is 17.9 Å². The number of imide groups is 1. The maximum absolute atomic E-state index is 13.5. The zero-order valence-corrected chi connectivity index (χ0v) is 18.9. The number of carbonyl (C=O) groups is 2. The van der Waals surface area contributed by atoms with Crippen LogP contribution in [0, 0.1) is 13.8 Å². The molecule has 5 nitrogen and oxygen atoms in total. The number of amides is 2. The highest BCUT2D eigenvalue weighted by molar-refractivity contribution is 6.46. The SMILES string of the molecule is CCOc1ccc(C2=C(Nc3ccc(C)cc3C)C(=O)N(c3cccc(Cl)c3)C2=O)cc1. The number of carbonyl (C=O) groups excluding carboxylic acids is 2. The van der Waals surface area contributed by atoms with E-state index >= 15 is 0 Å². The van der Waals surface area contributed by atoms with Gasteiger partial charge in [-0.15, -0.1) is 0 Å². The van der Waals surface area contributed by atoms with E-state index in [1.54, 1.807) is 48.5 Å². The van der Waals surface area contributed by atoms with Gasteiger partial charge in [-0.25, -0.2) is 4.90 Å². The van der Waals surface area contributed by atoms with Gasteiger partial charge in [0.15, 0.2) is 0 Å². The van der Waals surface area contributed by atoms with Crippen molar-refractivity contribution in [2.45, 2.75) is 20.8 Å². The predicted octanol–water partition coefficient (Wildman–Crippen LogP) is 5.75.